The maximum Gasteiger partial charge on any atom is 0.240 e. The van der Waals surface area contributed by atoms with E-state index in [1.54, 1.807) is 12.1 Å². The van der Waals surface area contributed by atoms with Gasteiger partial charge in [-0.05, 0) is 42.5 Å². The minimum Gasteiger partial charge on any atom is -0.229 e. The molecule has 1 aliphatic rings. The van der Waals surface area contributed by atoms with E-state index in [-0.39, 0.29) is 17.2 Å². The quantitative estimate of drug-likeness (QED) is 0.859. The number of hydrogen-bond acceptors (Lipinski definition) is 4. The van der Waals surface area contributed by atoms with Crippen molar-refractivity contribution in [2.75, 3.05) is 18.6 Å². The predicted octanol–water partition coefficient (Wildman–Crippen LogP) is 0.498. The summed E-state index contributed by atoms with van der Waals surface area (Å²) < 4.78 is 48.3. The van der Waals surface area contributed by atoms with Gasteiger partial charge in [-0.2, -0.15) is 0 Å². The summed E-state index contributed by atoms with van der Waals surface area (Å²) in [6.45, 7) is -0.0990. The summed E-state index contributed by atoms with van der Waals surface area (Å²) in [4.78, 5) is 0.210. The van der Waals surface area contributed by atoms with Gasteiger partial charge in [0.05, 0.1) is 10.6 Å². The maximum atomic E-state index is 12.0. The van der Waals surface area contributed by atoms with Crippen LogP contribution in [-0.4, -0.2) is 35.4 Å². The van der Waals surface area contributed by atoms with Crippen LogP contribution in [0.5, 0.6) is 0 Å². The summed E-state index contributed by atoms with van der Waals surface area (Å²) in [5, 5.41) is 0. The Hall–Kier alpha value is -0.920. The second-order valence-electron chi connectivity index (χ2n) is 4.81. The minimum absolute atomic E-state index is 0.0990. The van der Waals surface area contributed by atoms with E-state index in [2.05, 4.69) is 4.72 Å². The summed E-state index contributed by atoms with van der Waals surface area (Å²) in [6, 6.07) is 5.10. The second kappa shape index (κ2) is 5.22. The van der Waals surface area contributed by atoms with E-state index in [1.807, 2.05) is 6.07 Å². The highest BCUT2D eigenvalue weighted by atomic mass is 32.2. The van der Waals surface area contributed by atoms with E-state index in [9.17, 15) is 16.8 Å². The standard InChI is InChI=1S/C12H17NO4S2/c1-18(14,15)8-7-13-19(16,17)12-6-5-10-3-2-4-11(10)9-12/h5-6,9,13H,2-4,7-8H2,1H3. The number of hydrogen-bond donors (Lipinski definition) is 1. The predicted molar refractivity (Wildman–Crippen MR) is 73.4 cm³/mol. The van der Waals surface area contributed by atoms with Crippen molar-refractivity contribution in [1.82, 2.24) is 4.72 Å². The Balaban J connectivity index is 2.12. The average Bonchev–Trinajstić information content (AvgIpc) is 2.73. The average molecular weight is 303 g/mol. The molecule has 0 unspecified atom stereocenters. The molecule has 0 radical (unpaired) electrons. The topological polar surface area (TPSA) is 80.3 Å². The molecule has 0 atom stereocenters. The van der Waals surface area contributed by atoms with E-state index < -0.39 is 19.9 Å². The van der Waals surface area contributed by atoms with Crippen molar-refractivity contribution in [2.24, 2.45) is 0 Å². The maximum absolute atomic E-state index is 12.0. The van der Waals surface area contributed by atoms with Gasteiger partial charge in [-0.3, -0.25) is 0 Å². The first-order chi connectivity index (χ1) is 8.78. The van der Waals surface area contributed by atoms with Crippen molar-refractivity contribution >= 4 is 19.9 Å². The molecule has 1 aromatic rings. The van der Waals surface area contributed by atoms with Gasteiger partial charge in [-0.15, -0.1) is 0 Å². The van der Waals surface area contributed by atoms with E-state index in [0.29, 0.717) is 0 Å². The highest BCUT2D eigenvalue weighted by Gasteiger charge is 2.18. The molecule has 1 N–H and O–H groups in total. The Bertz CT molecular complexity index is 678. The number of sulfonamides is 1. The van der Waals surface area contributed by atoms with Crippen LogP contribution in [0.2, 0.25) is 0 Å². The lowest BCUT2D eigenvalue weighted by atomic mass is 10.1. The molecule has 0 spiro atoms. The van der Waals surface area contributed by atoms with Crippen LogP contribution in [0.1, 0.15) is 17.5 Å². The van der Waals surface area contributed by atoms with E-state index in [4.69, 9.17) is 0 Å². The lowest BCUT2D eigenvalue weighted by Gasteiger charge is -2.08. The molecule has 0 bridgehead atoms. The molecule has 0 saturated carbocycles. The van der Waals surface area contributed by atoms with Gasteiger partial charge >= 0.3 is 0 Å². The Morgan fingerprint density at radius 2 is 1.79 bits per heavy atom. The number of sulfone groups is 1. The fraction of sp³-hybridized carbons (Fsp3) is 0.500. The summed E-state index contributed by atoms with van der Waals surface area (Å²) >= 11 is 0. The molecule has 1 aromatic carbocycles. The SMILES string of the molecule is CS(=O)(=O)CCNS(=O)(=O)c1ccc2c(c1)CCC2. The molecule has 0 heterocycles. The van der Waals surface area contributed by atoms with Crippen LogP contribution in [0.4, 0.5) is 0 Å². The van der Waals surface area contributed by atoms with Gasteiger partial charge in [-0.1, -0.05) is 6.07 Å². The Kier molecular flexibility index (Phi) is 3.98. The van der Waals surface area contributed by atoms with Crippen LogP contribution in [0.3, 0.4) is 0 Å². The molecule has 2 rings (SSSR count). The molecule has 1 aliphatic carbocycles. The molecule has 0 aromatic heterocycles. The molecule has 7 heteroatoms. The van der Waals surface area contributed by atoms with Gasteiger partial charge in [0.2, 0.25) is 10.0 Å². The Morgan fingerprint density at radius 3 is 2.47 bits per heavy atom. The van der Waals surface area contributed by atoms with Gasteiger partial charge in [0.15, 0.2) is 0 Å². The van der Waals surface area contributed by atoms with Crippen molar-refractivity contribution in [3.8, 4) is 0 Å². The van der Waals surface area contributed by atoms with E-state index in [1.165, 1.54) is 5.56 Å². The smallest absolute Gasteiger partial charge is 0.229 e. The number of aryl methyl sites for hydroxylation is 2. The fourth-order valence-corrected chi connectivity index (χ4v) is 3.84. The van der Waals surface area contributed by atoms with Crippen molar-refractivity contribution in [1.29, 1.82) is 0 Å². The third-order valence-electron chi connectivity index (χ3n) is 3.15. The summed E-state index contributed by atoms with van der Waals surface area (Å²) in [6.07, 6.45) is 4.04. The van der Waals surface area contributed by atoms with Crippen molar-refractivity contribution in [2.45, 2.75) is 24.2 Å². The lowest BCUT2D eigenvalue weighted by molar-refractivity contribution is 0.582. The number of benzene rings is 1. The van der Waals surface area contributed by atoms with Crippen LogP contribution in [-0.2, 0) is 32.7 Å². The second-order valence-corrected chi connectivity index (χ2v) is 8.84. The summed E-state index contributed by atoms with van der Waals surface area (Å²) in [7, 11) is -6.78. The van der Waals surface area contributed by atoms with Crippen molar-refractivity contribution in [3.63, 3.8) is 0 Å². The normalized spacial score (nSPS) is 15.4. The number of nitrogens with one attached hydrogen (secondary N) is 1. The molecule has 0 amide bonds. The minimum atomic E-state index is -3.62. The highest BCUT2D eigenvalue weighted by molar-refractivity contribution is 7.91. The zero-order chi connectivity index (χ0) is 14.1. The van der Waals surface area contributed by atoms with Gasteiger partial charge in [0.1, 0.15) is 9.84 Å². The monoisotopic (exact) mass is 303 g/mol. The Labute approximate surface area is 114 Å². The third kappa shape index (κ3) is 3.77. The van der Waals surface area contributed by atoms with Crippen LogP contribution in [0, 0.1) is 0 Å². The largest absolute Gasteiger partial charge is 0.240 e. The van der Waals surface area contributed by atoms with Crippen LogP contribution < -0.4 is 4.72 Å². The van der Waals surface area contributed by atoms with E-state index in [0.717, 1.165) is 31.1 Å². The first-order valence-electron chi connectivity index (χ1n) is 6.07. The zero-order valence-electron chi connectivity index (χ0n) is 10.7. The molecule has 5 nitrogen and oxygen atoms in total. The molecule has 0 fully saturated rings. The van der Waals surface area contributed by atoms with Gasteiger partial charge in [-0.25, -0.2) is 21.6 Å². The fourth-order valence-electron chi connectivity index (χ4n) is 2.16. The van der Waals surface area contributed by atoms with Crippen LogP contribution in [0.25, 0.3) is 0 Å². The molecule has 0 aliphatic heterocycles. The van der Waals surface area contributed by atoms with Crippen LogP contribution >= 0.6 is 0 Å². The highest BCUT2D eigenvalue weighted by Crippen LogP contribution is 2.24. The van der Waals surface area contributed by atoms with Crippen molar-refractivity contribution in [3.05, 3.63) is 29.3 Å². The first kappa shape index (κ1) is 14.5. The zero-order valence-corrected chi connectivity index (χ0v) is 12.4. The first-order valence-corrected chi connectivity index (χ1v) is 9.61. The lowest BCUT2D eigenvalue weighted by Crippen LogP contribution is -2.29. The van der Waals surface area contributed by atoms with Crippen LogP contribution in [0.15, 0.2) is 23.1 Å². The number of fused-ring (bicyclic) bond motifs is 1. The summed E-state index contributed by atoms with van der Waals surface area (Å²) in [5.74, 6) is -0.197. The van der Waals surface area contributed by atoms with Gasteiger partial charge in [0, 0.05) is 12.8 Å². The molecule has 19 heavy (non-hydrogen) atoms. The number of rotatable bonds is 5. The third-order valence-corrected chi connectivity index (χ3v) is 5.55. The Morgan fingerprint density at radius 1 is 1.11 bits per heavy atom. The molecular formula is C12H17NO4S2. The van der Waals surface area contributed by atoms with Gasteiger partial charge in [0.25, 0.3) is 0 Å². The molecular weight excluding hydrogens is 286 g/mol. The summed E-state index contributed by atoms with van der Waals surface area (Å²) in [5.41, 5.74) is 2.28. The van der Waals surface area contributed by atoms with Gasteiger partial charge < -0.3 is 0 Å². The molecule has 106 valence electrons. The van der Waals surface area contributed by atoms with Crippen molar-refractivity contribution < 1.29 is 16.8 Å². The van der Waals surface area contributed by atoms with E-state index >= 15 is 0 Å². The molecule has 0 saturated heterocycles.